The maximum atomic E-state index is 5.11. The van der Waals surface area contributed by atoms with Crippen molar-refractivity contribution in [2.45, 2.75) is 25.8 Å². The lowest BCUT2D eigenvalue weighted by molar-refractivity contribution is 0.415. The summed E-state index contributed by atoms with van der Waals surface area (Å²) in [6.07, 6.45) is 2.29. The Labute approximate surface area is 84.6 Å². The van der Waals surface area contributed by atoms with Gasteiger partial charge in [0.15, 0.2) is 0 Å². The Morgan fingerprint density at radius 2 is 2.00 bits per heavy atom. The quantitative estimate of drug-likeness (QED) is 0.701. The van der Waals surface area contributed by atoms with Crippen molar-refractivity contribution in [1.29, 1.82) is 0 Å². The molecule has 1 atom stereocenters. The Hall–Kier alpha value is -1.31. The maximum absolute atomic E-state index is 5.11. The molecule has 2 nitrogen and oxygen atoms in total. The number of benzene rings is 1. The molecule has 1 aliphatic heterocycles. The van der Waals surface area contributed by atoms with Crippen molar-refractivity contribution in [1.82, 2.24) is 0 Å². The van der Waals surface area contributed by atoms with Crippen molar-refractivity contribution in [2.24, 2.45) is 4.99 Å². The van der Waals surface area contributed by atoms with Crippen LogP contribution in [0.25, 0.3) is 0 Å². The van der Waals surface area contributed by atoms with E-state index in [0.717, 1.165) is 12.2 Å². The molecule has 0 fully saturated rings. The van der Waals surface area contributed by atoms with Crippen LogP contribution in [0, 0.1) is 0 Å². The maximum Gasteiger partial charge on any atom is 0.118 e. The number of ether oxygens (including phenoxy) is 1. The molecular formula is C12H15NO. The molecule has 0 saturated heterocycles. The lowest BCUT2D eigenvalue weighted by Gasteiger charge is -2.02. The van der Waals surface area contributed by atoms with Crippen LogP contribution in [-0.4, -0.2) is 18.9 Å². The molecule has 0 amide bonds. The van der Waals surface area contributed by atoms with Crippen LogP contribution in [-0.2, 0) is 0 Å². The zero-order valence-electron chi connectivity index (χ0n) is 8.66. The summed E-state index contributed by atoms with van der Waals surface area (Å²) in [4.78, 5) is 4.59. The predicted molar refractivity (Wildman–Crippen MR) is 58.2 cm³/mol. The highest BCUT2D eigenvalue weighted by Crippen LogP contribution is 2.20. The van der Waals surface area contributed by atoms with Crippen molar-refractivity contribution in [3.63, 3.8) is 0 Å². The molecule has 0 radical (unpaired) electrons. The Morgan fingerprint density at radius 1 is 1.29 bits per heavy atom. The van der Waals surface area contributed by atoms with E-state index in [9.17, 15) is 0 Å². The second kappa shape index (κ2) is 3.82. The highest BCUT2D eigenvalue weighted by Gasteiger charge is 2.14. The fraction of sp³-hybridized carbons (Fsp3) is 0.417. The number of hydrogen-bond donors (Lipinski definition) is 0. The lowest BCUT2D eigenvalue weighted by atomic mass is 10.1. The summed E-state index contributed by atoms with van der Waals surface area (Å²) in [6, 6.07) is 8.62. The van der Waals surface area contributed by atoms with E-state index >= 15 is 0 Å². The first kappa shape index (κ1) is 9.25. The van der Waals surface area contributed by atoms with E-state index < -0.39 is 0 Å². The number of rotatable bonds is 2. The molecule has 0 saturated carbocycles. The van der Waals surface area contributed by atoms with Gasteiger partial charge >= 0.3 is 0 Å². The van der Waals surface area contributed by atoms with E-state index in [2.05, 4.69) is 24.0 Å². The van der Waals surface area contributed by atoms with Crippen molar-refractivity contribution in [3.05, 3.63) is 29.8 Å². The fourth-order valence-electron chi connectivity index (χ4n) is 1.74. The molecule has 1 aromatic rings. The van der Waals surface area contributed by atoms with Crippen LogP contribution in [0.2, 0.25) is 0 Å². The van der Waals surface area contributed by atoms with Crippen LogP contribution in [0.4, 0.5) is 0 Å². The largest absolute Gasteiger partial charge is 0.497 e. The minimum atomic E-state index is 0.493. The van der Waals surface area contributed by atoms with Gasteiger partial charge in [-0.15, -0.1) is 0 Å². The van der Waals surface area contributed by atoms with Crippen molar-refractivity contribution >= 4 is 5.71 Å². The van der Waals surface area contributed by atoms with E-state index in [4.69, 9.17) is 4.74 Å². The van der Waals surface area contributed by atoms with Crippen molar-refractivity contribution in [2.75, 3.05) is 7.11 Å². The molecule has 1 aromatic carbocycles. The molecule has 2 heteroatoms. The Kier molecular flexibility index (Phi) is 2.53. The normalized spacial score (nSPS) is 20.7. The minimum Gasteiger partial charge on any atom is -0.497 e. The molecule has 0 aromatic heterocycles. The van der Waals surface area contributed by atoms with Crippen LogP contribution in [0.15, 0.2) is 29.3 Å². The number of hydrogen-bond acceptors (Lipinski definition) is 2. The molecule has 0 unspecified atom stereocenters. The SMILES string of the molecule is COc1ccc(C2=N[C@H](C)CC2)cc1. The third kappa shape index (κ3) is 1.79. The fourth-order valence-corrected chi connectivity index (χ4v) is 1.74. The first-order valence-corrected chi connectivity index (χ1v) is 5.00. The lowest BCUT2D eigenvalue weighted by Crippen LogP contribution is -1.95. The van der Waals surface area contributed by atoms with Gasteiger partial charge in [-0.3, -0.25) is 4.99 Å². The smallest absolute Gasteiger partial charge is 0.118 e. The molecule has 1 aliphatic rings. The summed E-state index contributed by atoms with van der Waals surface area (Å²) in [5.41, 5.74) is 2.47. The molecule has 2 rings (SSSR count). The summed E-state index contributed by atoms with van der Waals surface area (Å²) < 4.78 is 5.11. The molecule has 14 heavy (non-hydrogen) atoms. The summed E-state index contributed by atoms with van der Waals surface area (Å²) >= 11 is 0. The first-order chi connectivity index (χ1) is 6.79. The van der Waals surface area contributed by atoms with Crippen molar-refractivity contribution < 1.29 is 4.74 Å². The molecule has 0 aliphatic carbocycles. The second-order valence-corrected chi connectivity index (χ2v) is 3.69. The number of nitrogens with zero attached hydrogens (tertiary/aromatic N) is 1. The monoisotopic (exact) mass is 189 g/mol. The third-order valence-corrected chi connectivity index (χ3v) is 2.60. The van der Waals surface area contributed by atoms with E-state index in [1.807, 2.05) is 12.1 Å². The molecular weight excluding hydrogens is 174 g/mol. The number of aliphatic imine (C=N–C) groups is 1. The zero-order chi connectivity index (χ0) is 9.97. The summed E-state index contributed by atoms with van der Waals surface area (Å²) in [6.45, 7) is 2.16. The highest BCUT2D eigenvalue weighted by atomic mass is 16.5. The zero-order valence-corrected chi connectivity index (χ0v) is 8.66. The average Bonchev–Trinajstić information content (AvgIpc) is 2.65. The van der Waals surface area contributed by atoms with Gasteiger partial charge in [0.1, 0.15) is 5.75 Å². The Bertz CT molecular complexity index is 340. The van der Waals surface area contributed by atoms with Crippen LogP contribution in [0.1, 0.15) is 25.3 Å². The van der Waals surface area contributed by atoms with Crippen LogP contribution in [0.3, 0.4) is 0 Å². The average molecular weight is 189 g/mol. The van der Waals surface area contributed by atoms with Crippen LogP contribution < -0.4 is 4.74 Å². The first-order valence-electron chi connectivity index (χ1n) is 5.00. The predicted octanol–water partition coefficient (Wildman–Crippen LogP) is 2.67. The standard InChI is InChI=1S/C12H15NO/c1-9-3-8-12(13-9)10-4-6-11(14-2)7-5-10/h4-7,9H,3,8H2,1-2H3/t9-/m1/s1. The van der Waals surface area contributed by atoms with E-state index in [-0.39, 0.29) is 0 Å². The van der Waals surface area contributed by atoms with Crippen LogP contribution in [0.5, 0.6) is 5.75 Å². The van der Waals surface area contributed by atoms with Gasteiger partial charge in [-0.1, -0.05) is 0 Å². The van der Waals surface area contributed by atoms with Gasteiger partial charge in [0.2, 0.25) is 0 Å². The molecule has 1 heterocycles. The topological polar surface area (TPSA) is 21.6 Å². The minimum absolute atomic E-state index is 0.493. The molecule has 0 spiro atoms. The summed E-state index contributed by atoms with van der Waals surface area (Å²) in [5, 5.41) is 0. The molecule has 0 N–H and O–H groups in total. The third-order valence-electron chi connectivity index (χ3n) is 2.60. The summed E-state index contributed by atoms with van der Waals surface area (Å²) in [7, 11) is 1.68. The van der Waals surface area contributed by atoms with E-state index in [1.165, 1.54) is 17.7 Å². The van der Waals surface area contributed by atoms with Gasteiger partial charge in [0, 0.05) is 11.8 Å². The summed E-state index contributed by atoms with van der Waals surface area (Å²) in [5.74, 6) is 0.903. The van der Waals surface area contributed by atoms with Gasteiger partial charge in [-0.2, -0.15) is 0 Å². The van der Waals surface area contributed by atoms with Crippen molar-refractivity contribution in [3.8, 4) is 5.75 Å². The Morgan fingerprint density at radius 3 is 2.50 bits per heavy atom. The van der Waals surface area contributed by atoms with Gasteiger partial charge in [-0.05, 0) is 49.6 Å². The van der Waals surface area contributed by atoms with Gasteiger partial charge < -0.3 is 4.74 Å². The molecule has 0 bridgehead atoms. The highest BCUT2D eigenvalue weighted by molar-refractivity contribution is 6.01. The van der Waals surface area contributed by atoms with E-state index in [0.29, 0.717) is 6.04 Å². The van der Waals surface area contributed by atoms with Gasteiger partial charge in [0.05, 0.1) is 7.11 Å². The van der Waals surface area contributed by atoms with Gasteiger partial charge in [0.25, 0.3) is 0 Å². The Balaban J connectivity index is 2.21. The van der Waals surface area contributed by atoms with Gasteiger partial charge in [-0.25, -0.2) is 0 Å². The van der Waals surface area contributed by atoms with Crippen LogP contribution >= 0.6 is 0 Å². The second-order valence-electron chi connectivity index (χ2n) is 3.69. The number of methoxy groups -OCH3 is 1. The van der Waals surface area contributed by atoms with E-state index in [1.54, 1.807) is 7.11 Å². The molecule has 74 valence electrons.